The molecule has 1 saturated heterocycles. The van der Waals surface area contributed by atoms with Gasteiger partial charge in [0.05, 0.1) is 4.90 Å². The number of carbonyl (C=O) groups is 1. The van der Waals surface area contributed by atoms with Crippen molar-refractivity contribution in [3.63, 3.8) is 0 Å². The quantitative estimate of drug-likeness (QED) is 0.649. The van der Waals surface area contributed by atoms with Gasteiger partial charge in [-0.25, -0.2) is 8.42 Å². The van der Waals surface area contributed by atoms with E-state index in [-0.39, 0.29) is 11.8 Å². The average molecular weight is 421 g/mol. The molecule has 1 aliphatic heterocycles. The molecule has 154 valence electrons. The van der Waals surface area contributed by atoms with Crippen molar-refractivity contribution in [3.05, 3.63) is 78.4 Å². The van der Waals surface area contributed by atoms with Gasteiger partial charge < -0.3 is 4.90 Å². The molecule has 3 aromatic carbocycles. The number of amides is 1. The van der Waals surface area contributed by atoms with Crippen LogP contribution in [0.4, 0.5) is 0 Å². The molecule has 0 aromatic heterocycles. The van der Waals surface area contributed by atoms with Crippen LogP contribution in [0.15, 0.2) is 77.7 Å². The molecule has 1 aliphatic carbocycles. The number of fused-ring (bicyclic) bond motifs is 1. The maximum absolute atomic E-state index is 13.3. The molecule has 2 aliphatic rings. The van der Waals surface area contributed by atoms with E-state index < -0.39 is 10.0 Å². The molecule has 6 heteroatoms. The minimum Gasteiger partial charge on any atom is -0.340 e. The van der Waals surface area contributed by atoms with Crippen LogP contribution in [0, 0.1) is 5.92 Å². The molecule has 30 heavy (non-hydrogen) atoms. The van der Waals surface area contributed by atoms with E-state index in [2.05, 4.69) is 12.1 Å². The smallest absolute Gasteiger partial charge is 0.243 e. The first-order valence-corrected chi connectivity index (χ1v) is 11.8. The number of nitrogens with zero attached hydrogens (tertiary/aromatic N) is 2. The van der Waals surface area contributed by atoms with E-state index >= 15 is 0 Å². The lowest BCUT2D eigenvalue weighted by Gasteiger charge is -2.34. The Morgan fingerprint density at radius 1 is 0.800 bits per heavy atom. The maximum atomic E-state index is 13.3. The van der Waals surface area contributed by atoms with E-state index in [1.807, 2.05) is 53.4 Å². The fraction of sp³-hybridized carbons (Fsp3) is 0.292. The second-order valence-electron chi connectivity index (χ2n) is 8.07. The molecule has 5 nitrogen and oxygen atoms in total. The van der Waals surface area contributed by atoms with Gasteiger partial charge in [-0.15, -0.1) is 0 Å². The minimum atomic E-state index is -3.60. The first-order valence-electron chi connectivity index (χ1n) is 10.4. The van der Waals surface area contributed by atoms with Crippen LogP contribution in [0.25, 0.3) is 10.8 Å². The lowest BCUT2D eigenvalue weighted by Crippen LogP contribution is -2.51. The van der Waals surface area contributed by atoms with Gasteiger partial charge in [-0.2, -0.15) is 4.31 Å². The van der Waals surface area contributed by atoms with Gasteiger partial charge in [0.2, 0.25) is 15.9 Å². The van der Waals surface area contributed by atoms with Crippen LogP contribution >= 0.6 is 0 Å². The summed E-state index contributed by atoms with van der Waals surface area (Å²) in [4.78, 5) is 15.1. The van der Waals surface area contributed by atoms with E-state index in [9.17, 15) is 13.2 Å². The maximum Gasteiger partial charge on any atom is 0.243 e. The standard InChI is InChI=1S/C24H24N2O3S/c27-24(22-17-21(22)19-7-2-1-3-8-19)25-13-15-26(16-14-25)30(28,29)23-12-6-10-18-9-4-5-11-20(18)23/h1-12,21-22H,13-17H2. The van der Waals surface area contributed by atoms with Crippen molar-refractivity contribution in [2.45, 2.75) is 17.2 Å². The van der Waals surface area contributed by atoms with Gasteiger partial charge in [0.15, 0.2) is 0 Å². The second kappa shape index (κ2) is 7.52. The largest absolute Gasteiger partial charge is 0.340 e. The zero-order valence-electron chi connectivity index (χ0n) is 16.6. The van der Waals surface area contributed by atoms with E-state index in [4.69, 9.17) is 0 Å². The molecule has 0 radical (unpaired) electrons. The Bertz CT molecular complexity index is 1180. The third-order valence-electron chi connectivity index (χ3n) is 6.25. The summed E-state index contributed by atoms with van der Waals surface area (Å²) in [6, 6.07) is 23.1. The summed E-state index contributed by atoms with van der Waals surface area (Å²) in [6.45, 7) is 1.56. The fourth-order valence-electron chi connectivity index (χ4n) is 4.48. The van der Waals surface area contributed by atoms with E-state index in [0.717, 1.165) is 17.2 Å². The summed E-state index contributed by atoms with van der Waals surface area (Å²) < 4.78 is 28.1. The van der Waals surface area contributed by atoms with Crippen LogP contribution in [-0.4, -0.2) is 49.7 Å². The summed E-state index contributed by atoms with van der Waals surface area (Å²) in [7, 11) is -3.60. The molecular weight excluding hydrogens is 396 g/mol. The predicted molar refractivity (Wildman–Crippen MR) is 117 cm³/mol. The van der Waals surface area contributed by atoms with Crippen LogP contribution in [0.1, 0.15) is 17.9 Å². The van der Waals surface area contributed by atoms with Gasteiger partial charge >= 0.3 is 0 Å². The van der Waals surface area contributed by atoms with E-state index in [1.54, 1.807) is 12.1 Å². The second-order valence-corrected chi connectivity index (χ2v) is 9.97. The SMILES string of the molecule is O=C(C1CC1c1ccccc1)N1CCN(S(=O)(=O)c2cccc3ccccc23)CC1. The summed E-state index contributed by atoms with van der Waals surface area (Å²) in [5.41, 5.74) is 1.22. The molecule has 2 fully saturated rings. The van der Waals surface area contributed by atoms with Crippen LogP contribution < -0.4 is 0 Å². The molecule has 1 saturated carbocycles. The topological polar surface area (TPSA) is 57.7 Å². The average Bonchev–Trinajstić information content (AvgIpc) is 3.60. The monoisotopic (exact) mass is 420 g/mol. The first-order chi connectivity index (χ1) is 14.6. The van der Waals surface area contributed by atoms with Gasteiger partial charge in [0, 0.05) is 37.5 Å². The van der Waals surface area contributed by atoms with Gasteiger partial charge in [-0.1, -0.05) is 66.7 Å². The van der Waals surface area contributed by atoms with Crippen LogP contribution in [0.5, 0.6) is 0 Å². The Kier molecular flexibility index (Phi) is 4.83. The van der Waals surface area contributed by atoms with Gasteiger partial charge in [0.1, 0.15) is 0 Å². The van der Waals surface area contributed by atoms with Crippen LogP contribution in [0.2, 0.25) is 0 Å². The number of hydrogen-bond donors (Lipinski definition) is 0. The molecule has 1 heterocycles. The molecule has 0 N–H and O–H groups in total. The number of benzene rings is 3. The highest BCUT2D eigenvalue weighted by atomic mass is 32.2. The normalized spacial score (nSPS) is 22.2. The third kappa shape index (κ3) is 3.40. The third-order valence-corrected chi connectivity index (χ3v) is 8.21. The van der Waals surface area contributed by atoms with Gasteiger partial charge in [-0.05, 0) is 29.4 Å². The summed E-state index contributed by atoms with van der Waals surface area (Å²) in [5, 5.41) is 1.65. The van der Waals surface area contributed by atoms with Crippen molar-refractivity contribution in [2.24, 2.45) is 5.92 Å². The Morgan fingerprint density at radius 2 is 1.47 bits per heavy atom. The highest BCUT2D eigenvalue weighted by Crippen LogP contribution is 2.48. The molecule has 1 amide bonds. The Hall–Kier alpha value is -2.70. The van der Waals surface area contributed by atoms with Crippen molar-refractivity contribution in [1.82, 2.24) is 9.21 Å². The predicted octanol–water partition coefficient (Wildman–Crippen LogP) is 3.48. The lowest BCUT2D eigenvalue weighted by atomic mass is 10.1. The summed E-state index contributed by atoms with van der Waals surface area (Å²) in [6.07, 6.45) is 0.886. The molecule has 0 bridgehead atoms. The highest BCUT2D eigenvalue weighted by Gasteiger charge is 2.46. The number of rotatable bonds is 4. The summed E-state index contributed by atoms with van der Waals surface area (Å²) in [5.74, 6) is 0.496. The Morgan fingerprint density at radius 3 is 2.23 bits per heavy atom. The molecule has 3 aromatic rings. The lowest BCUT2D eigenvalue weighted by molar-refractivity contribution is -0.133. The molecular formula is C24H24N2O3S. The Labute approximate surface area is 177 Å². The fourth-order valence-corrected chi connectivity index (χ4v) is 6.12. The molecule has 0 spiro atoms. The van der Waals surface area contributed by atoms with Crippen molar-refractivity contribution in [3.8, 4) is 0 Å². The van der Waals surface area contributed by atoms with E-state index in [0.29, 0.717) is 37.0 Å². The zero-order chi connectivity index (χ0) is 20.7. The summed E-state index contributed by atoms with van der Waals surface area (Å²) >= 11 is 0. The van der Waals surface area contributed by atoms with Gasteiger partial charge in [-0.3, -0.25) is 4.79 Å². The highest BCUT2D eigenvalue weighted by molar-refractivity contribution is 7.89. The number of carbonyl (C=O) groups excluding carboxylic acids is 1. The van der Waals surface area contributed by atoms with Crippen molar-refractivity contribution < 1.29 is 13.2 Å². The van der Waals surface area contributed by atoms with Crippen molar-refractivity contribution >= 4 is 26.7 Å². The van der Waals surface area contributed by atoms with Crippen molar-refractivity contribution in [2.75, 3.05) is 26.2 Å². The zero-order valence-corrected chi connectivity index (χ0v) is 17.5. The van der Waals surface area contributed by atoms with Gasteiger partial charge in [0.25, 0.3) is 0 Å². The number of sulfonamides is 1. The van der Waals surface area contributed by atoms with E-state index in [1.165, 1.54) is 9.87 Å². The number of piperazine rings is 1. The van der Waals surface area contributed by atoms with Crippen LogP contribution in [-0.2, 0) is 14.8 Å². The minimum absolute atomic E-state index is 0.0358. The first kappa shape index (κ1) is 19.3. The molecule has 5 rings (SSSR count). The van der Waals surface area contributed by atoms with Crippen LogP contribution in [0.3, 0.4) is 0 Å². The van der Waals surface area contributed by atoms with Crippen molar-refractivity contribution in [1.29, 1.82) is 0 Å². The Balaban J connectivity index is 1.27. The molecule has 2 atom stereocenters. The number of hydrogen-bond acceptors (Lipinski definition) is 3. The molecule has 2 unspecified atom stereocenters.